The van der Waals surface area contributed by atoms with Crippen molar-refractivity contribution in [3.8, 4) is 0 Å². The lowest BCUT2D eigenvalue weighted by atomic mass is 10.3. The first-order valence-corrected chi connectivity index (χ1v) is 7.21. The van der Waals surface area contributed by atoms with Gasteiger partial charge in [-0.1, -0.05) is 6.92 Å². The third-order valence-corrected chi connectivity index (χ3v) is 4.77. The fourth-order valence-electron chi connectivity index (χ4n) is 1.60. The van der Waals surface area contributed by atoms with E-state index in [0.29, 0.717) is 19.4 Å². The van der Waals surface area contributed by atoms with E-state index in [4.69, 9.17) is 5.73 Å². The van der Waals surface area contributed by atoms with Crippen LogP contribution < -0.4 is 10.5 Å². The normalized spacial score (nSPS) is 13.8. The fraction of sp³-hybridized carbons (Fsp3) is 0.700. The predicted octanol–water partition coefficient (Wildman–Crippen LogP) is -0.381. The molecular weight excluding hydrogens is 240 g/mol. The highest BCUT2D eigenvalue weighted by Crippen LogP contribution is 2.03. The highest BCUT2D eigenvalue weighted by molar-refractivity contribution is 7.90. The molecule has 1 aromatic rings. The molecule has 7 heteroatoms. The largest absolute Gasteiger partial charge is 0.329 e. The van der Waals surface area contributed by atoms with Crippen LogP contribution in [0, 0.1) is 0 Å². The van der Waals surface area contributed by atoms with Gasteiger partial charge in [0.1, 0.15) is 0 Å². The summed E-state index contributed by atoms with van der Waals surface area (Å²) in [6, 6.07) is 1.87. The zero-order valence-electron chi connectivity index (χ0n) is 10.3. The van der Waals surface area contributed by atoms with Crippen molar-refractivity contribution in [1.82, 2.24) is 14.5 Å². The average molecular weight is 260 g/mol. The zero-order valence-corrected chi connectivity index (χ0v) is 11.1. The van der Waals surface area contributed by atoms with Gasteiger partial charge in [0, 0.05) is 38.4 Å². The lowest BCUT2D eigenvalue weighted by Crippen LogP contribution is -2.39. The number of aryl methyl sites for hydroxylation is 1. The zero-order chi connectivity index (χ0) is 12.9. The van der Waals surface area contributed by atoms with Crippen molar-refractivity contribution in [2.45, 2.75) is 25.0 Å². The number of nitrogens with two attached hydrogens (primary N) is 1. The van der Waals surface area contributed by atoms with Crippen LogP contribution in [0.5, 0.6) is 0 Å². The minimum Gasteiger partial charge on any atom is -0.329 e. The van der Waals surface area contributed by atoms with Crippen LogP contribution in [0.25, 0.3) is 0 Å². The molecule has 0 amide bonds. The Hall–Kier alpha value is -0.920. The molecule has 1 heterocycles. The molecule has 1 rings (SSSR count). The maximum absolute atomic E-state index is 11.8. The van der Waals surface area contributed by atoms with Gasteiger partial charge in [-0.15, -0.1) is 0 Å². The van der Waals surface area contributed by atoms with Gasteiger partial charge in [0.25, 0.3) is 0 Å². The molecule has 0 radical (unpaired) electrons. The van der Waals surface area contributed by atoms with Gasteiger partial charge in [0.05, 0.1) is 5.25 Å². The maximum atomic E-state index is 11.8. The van der Waals surface area contributed by atoms with Crippen molar-refractivity contribution in [3.05, 3.63) is 18.0 Å². The molecule has 0 bridgehead atoms. The summed E-state index contributed by atoms with van der Waals surface area (Å²) in [5.74, 6) is 0. The minimum absolute atomic E-state index is 0.150. The fourth-order valence-corrected chi connectivity index (χ4v) is 2.91. The monoisotopic (exact) mass is 260 g/mol. The Bertz CT molecular complexity index is 437. The van der Waals surface area contributed by atoms with Gasteiger partial charge >= 0.3 is 0 Å². The van der Waals surface area contributed by atoms with Gasteiger partial charge in [0.2, 0.25) is 10.0 Å². The van der Waals surface area contributed by atoms with Gasteiger partial charge in [0.15, 0.2) is 0 Å². The lowest BCUT2D eigenvalue weighted by Gasteiger charge is -2.14. The van der Waals surface area contributed by atoms with Crippen LogP contribution >= 0.6 is 0 Å². The Kier molecular flexibility index (Phi) is 5.10. The number of nitrogens with one attached hydrogen (secondary N) is 1. The molecule has 98 valence electrons. The topological polar surface area (TPSA) is 90.0 Å². The first-order valence-electron chi connectivity index (χ1n) is 5.66. The molecule has 0 saturated heterocycles. The van der Waals surface area contributed by atoms with Crippen molar-refractivity contribution in [2.75, 3.05) is 13.1 Å². The Balaban J connectivity index is 2.48. The van der Waals surface area contributed by atoms with E-state index in [2.05, 4.69) is 9.82 Å². The van der Waals surface area contributed by atoms with E-state index in [1.807, 2.05) is 20.0 Å². The number of aromatic nitrogens is 2. The van der Waals surface area contributed by atoms with Crippen LogP contribution in [0.4, 0.5) is 0 Å². The number of hydrogen-bond acceptors (Lipinski definition) is 4. The molecule has 0 aliphatic carbocycles. The molecule has 17 heavy (non-hydrogen) atoms. The van der Waals surface area contributed by atoms with Crippen LogP contribution in [-0.2, 0) is 23.5 Å². The van der Waals surface area contributed by atoms with Gasteiger partial charge in [-0.25, -0.2) is 13.1 Å². The minimum atomic E-state index is -3.29. The molecule has 0 aliphatic heterocycles. The Morgan fingerprint density at radius 2 is 2.29 bits per heavy atom. The first kappa shape index (κ1) is 14.1. The van der Waals surface area contributed by atoms with E-state index < -0.39 is 15.3 Å². The molecule has 1 unspecified atom stereocenters. The quantitative estimate of drug-likeness (QED) is 0.699. The SMILES string of the molecule is CCC(CN)S(=O)(=O)NCCc1ccnn1C. The summed E-state index contributed by atoms with van der Waals surface area (Å²) in [4.78, 5) is 0. The molecule has 1 atom stereocenters. The van der Waals surface area contributed by atoms with E-state index in [0.717, 1.165) is 5.69 Å². The Morgan fingerprint density at radius 3 is 2.76 bits per heavy atom. The summed E-state index contributed by atoms with van der Waals surface area (Å²) in [6.45, 7) is 2.34. The number of nitrogens with zero attached hydrogens (tertiary/aromatic N) is 2. The molecule has 0 fully saturated rings. The van der Waals surface area contributed by atoms with Crippen molar-refractivity contribution < 1.29 is 8.42 Å². The summed E-state index contributed by atoms with van der Waals surface area (Å²) < 4.78 is 27.9. The summed E-state index contributed by atoms with van der Waals surface area (Å²) >= 11 is 0. The molecule has 0 spiro atoms. The molecular formula is C10H20N4O2S. The predicted molar refractivity (Wildman–Crippen MR) is 67.0 cm³/mol. The molecule has 0 aliphatic rings. The molecule has 0 saturated carbocycles. The van der Waals surface area contributed by atoms with Gasteiger partial charge in [-0.05, 0) is 12.5 Å². The van der Waals surface area contributed by atoms with Gasteiger partial charge in [-0.3, -0.25) is 4.68 Å². The highest BCUT2D eigenvalue weighted by atomic mass is 32.2. The van der Waals surface area contributed by atoms with E-state index in [-0.39, 0.29) is 6.54 Å². The highest BCUT2D eigenvalue weighted by Gasteiger charge is 2.21. The summed E-state index contributed by atoms with van der Waals surface area (Å²) in [6.07, 6.45) is 2.84. The molecule has 6 nitrogen and oxygen atoms in total. The van der Waals surface area contributed by atoms with Crippen molar-refractivity contribution in [3.63, 3.8) is 0 Å². The Labute approximate surface area is 102 Å². The van der Waals surface area contributed by atoms with Crippen molar-refractivity contribution in [2.24, 2.45) is 12.8 Å². The Morgan fingerprint density at radius 1 is 1.59 bits per heavy atom. The second-order valence-corrected chi connectivity index (χ2v) is 5.95. The van der Waals surface area contributed by atoms with E-state index in [9.17, 15) is 8.42 Å². The molecule has 0 aromatic carbocycles. The van der Waals surface area contributed by atoms with Crippen molar-refractivity contribution in [1.29, 1.82) is 0 Å². The smallest absolute Gasteiger partial charge is 0.215 e. The third-order valence-electron chi connectivity index (χ3n) is 2.76. The maximum Gasteiger partial charge on any atom is 0.215 e. The van der Waals surface area contributed by atoms with Gasteiger partial charge in [-0.2, -0.15) is 5.10 Å². The number of sulfonamides is 1. The molecule has 1 aromatic heterocycles. The second-order valence-electron chi connectivity index (χ2n) is 3.90. The van der Waals surface area contributed by atoms with Gasteiger partial charge < -0.3 is 5.73 Å². The van der Waals surface area contributed by atoms with Crippen LogP contribution in [-0.4, -0.2) is 36.5 Å². The standard InChI is InChI=1S/C10H20N4O2S/c1-3-10(8-11)17(15,16)13-7-5-9-4-6-12-14(9)2/h4,6,10,13H,3,5,7-8,11H2,1-2H3. The van der Waals surface area contributed by atoms with Crippen LogP contribution in [0.15, 0.2) is 12.3 Å². The van der Waals surface area contributed by atoms with E-state index >= 15 is 0 Å². The number of rotatable bonds is 7. The van der Waals surface area contributed by atoms with Crippen LogP contribution in [0.2, 0.25) is 0 Å². The van der Waals surface area contributed by atoms with Crippen molar-refractivity contribution >= 4 is 10.0 Å². The lowest BCUT2D eigenvalue weighted by molar-refractivity contribution is 0.559. The van der Waals surface area contributed by atoms with Crippen LogP contribution in [0.1, 0.15) is 19.0 Å². The second kappa shape index (κ2) is 6.13. The van der Waals surface area contributed by atoms with Crippen LogP contribution in [0.3, 0.4) is 0 Å². The number of hydrogen-bond donors (Lipinski definition) is 2. The third kappa shape index (κ3) is 3.79. The summed E-state index contributed by atoms with van der Waals surface area (Å²) in [7, 11) is -1.46. The van der Waals surface area contributed by atoms with E-state index in [1.165, 1.54) is 0 Å². The summed E-state index contributed by atoms with van der Waals surface area (Å²) in [5, 5.41) is 3.51. The molecule has 3 N–H and O–H groups in total. The summed E-state index contributed by atoms with van der Waals surface area (Å²) in [5.41, 5.74) is 6.42. The average Bonchev–Trinajstić information content (AvgIpc) is 2.65. The first-order chi connectivity index (χ1) is 8.01. The van der Waals surface area contributed by atoms with E-state index in [1.54, 1.807) is 10.9 Å².